The molecule has 0 aliphatic carbocycles. The van der Waals surface area contributed by atoms with Crippen LogP contribution in [0.2, 0.25) is 0 Å². The van der Waals surface area contributed by atoms with Crippen LogP contribution in [0.4, 0.5) is 5.69 Å². The van der Waals surface area contributed by atoms with Crippen LogP contribution in [0.1, 0.15) is 17.8 Å². The van der Waals surface area contributed by atoms with E-state index in [1.165, 1.54) is 11.0 Å². The van der Waals surface area contributed by atoms with E-state index in [4.69, 9.17) is 0 Å². The number of aryl methyl sites for hydroxylation is 1. The summed E-state index contributed by atoms with van der Waals surface area (Å²) in [5, 5.41) is 15.0. The van der Waals surface area contributed by atoms with Crippen molar-refractivity contribution in [3.8, 4) is 5.69 Å². The van der Waals surface area contributed by atoms with Crippen LogP contribution in [-0.4, -0.2) is 31.1 Å². The van der Waals surface area contributed by atoms with Gasteiger partial charge in [0.25, 0.3) is 0 Å². The molecule has 0 atom stereocenters. The number of fused-ring (bicyclic) bond motifs is 1. The lowest BCUT2D eigenvalue weighted by Gasteiger charge is -2.06. The summed E-state index contributed by atoms with van der Waals surface area (Å²) in [4.78, 5) is 16.7. The van der Waals surface area contributed by atoms with Gasteiger partial charge in [-0.2, -0.15) is 0 Å². The summed E-state index contributed by atoms with van der Waals surface area (Å²) in [7, 11) is 0. The number of nitrogens with one attached hydrogen (secondary N) is 1. The fraction of sp³-hybridized carbons (Fsp3) is 0.167. The molecule has 1 amide bonds. The van der Waals surface area contributed by atoms with E-state index in [9.17, 15) is 4.79 Å². The summed E-state index contributed by atoms with van der Waals surface area (Å²) in [5.41, 5.74) is 2.62. The highest BCUT2D eigenvalue weighted by atomic mass is 32.1. The first-order valence-electron chi connectivity index (χ1n) is 8.26. The standard InChI is InChI=1S/C18H16N6OS/c25-17(6-3-7-18-21-15-4-1-2-5-16(15)26-18)20-13-8-10-14(11-9-13)24-12-19-22-23-24/h1-2,4-5,8-12H,3,6-7H2,(H,20,25). The molecule has 0 spiro atoms. The number of aromatic nitrogens is 5. The summed E-state index contributed by atoms with van der Waals surface area (Å²) in [6, 6.07) is 15.5. The second kappa shape index (κ2) is 7.40. The second-order valence-electron chi connectivity index (χ2n) is 5.78. The zero-order valence-electron chi connectivity index (χ0n) is 13.9. The van der Waals surface area contributed by atoms with E-state index in [1.54, 1.807) is 16.0 Å². The molecule has 4 aromatic rings. The minimum Gasteiger partial charge on any atom is -0.326 e. The number of hydrogen-bond donors (Lipinski definition) is 1. The lowest BCUT2D eigenvalue weighted by Crippen LogP contribution is -2.11. The number of tetrazole rings is 1. The van der Waals surface area contributed by atoms with Crippen molar-refractivity contribution in [3.05, 3.63) is 59.9 Å². The number of carbonyl (C=O) groups excluding carboxylic acids is 1. The molecule has 2 aromatic heterocycles. The average Bonchev–Trinajstić information content (AvgIpc) is 3.32. The van der Waals surface area contributed by atoms with E-state index < -0.39 is 0 Å². The highest BCUT2D eigenvalue weighted by Gasteiger charge is 2.06. The highest BCUT2D eigenvalue weighted by molar-refractivity contribution is 7.18. The van der Waals surface area contributed by atoms with E-state index in [2.05, 4.69) is 31.9 Å². The van der Waals surface area contributed by atoms with Crippen molar-refractivity contribution in [1.82, 2.24) is 25.2 Å². The van der Waals surface area contributed by atoms with Gasteiger partial charge in [0.15, 0.2) is 0 Å². The van der Waals surface area contributed by atoms with Gasteiger partial charge in [0.2, 0.25) is 5.91 Å². The number of para-hydroxylation sites is 1. The van der Waals surface area contributed by atoms with E-state index in [1.807, 2.05) is 42.5 Å². The number of rotatable bonds is 6. The molecule has 2 heterocycles. The summed E-state index contributed by atoms with van der Waals surface area (Å²) in [6.45, 7) is 0. The van der Waals surface area contributed by atoms with Crippen molar-refractivity contribution in [2.24, 2.45) is 0 Å². The summed E-state index contributed by atoms with van der Waals surface area (Å²) >= 11 is 1.69. The Morgan fingerprint density at radius 2 is 1.96 bits per heavy atom. The minimum absolute atomic E-state index is 0.00119. The minimum atomic E-state index is 0.00119. The number of anilines is 1. The molecule has 0 unspecified atom stereocenters. The Morgan fingerprint density at radius 3 is 2.73 bits per heavy atom. The number of thiazole rings is 1. The van der Waals surface area contributed by atoms with Gasteiger partial charge in [0.1, 0.15) is 6.33 Å². The quantitative estimate of drug-likeness (QED) is 0.568. The van der Waals surface area contributed by atoms with E-state index >= 15 is 0 Å². The molecule has 0 bridgehead atoms. The fourth-order valence-corrected chi connectivity index (χ4v) is 3.64. The molecule has 4 rings (SSSR count). The van der Waals surface area contributed by atoms with Crippen molar-refractivity contribution < 1.29 is 4.79 Å². The molecule has 0 saturated carbocycles. The van der Waals surface area contributed by atoms with Gasteiger partial charge in [-0.3, -0.25) is 4.79 Å². The smallest absolute Gasteiger partial charge is 0.224 e. The first kappa shape index (κ1) is 16.3. The fourth-order valence-electron chi connectivity index (χ4n) is 2.63. The molecule has 1 N–H and O–H groups in total. The normalized spacial score (nSPS) is 10.9. The first-order chi connectivity index (χ1) is 12.8. The molecule has 2 aromatic carbocycles. The SMILES string of the molecule is O=C(CCCc1nc2ccccc2s1)Nc1ccc(-n2cnnn2)cc1. The van der Waals surface area contributed by atoms with Crippen LogP contribution in [0.15, 0.2) is 54.9 Å². The molecule has 26 heavy (non-hydrogen) atoms. The Labute approximate surface area is 153 Å². The Bertz CT molecular complexity index is 977. The van der Waals surface area contributed by atoms with Crippen LogP contribution < -0.4 is 5.32 Å². The van der Waals surface area contributed by atoms with Gasteiger partial charge < -0.3 is 5.32 Å². The zero-order valence-corrected chi connectivity index (χ0v) is 14.7. The third kappa shape index (κ3) is 3.75. The van der Waals surface area contributed by atoms with E-state index in [0.717, 1.165) is 34.7 Å². The molecule has 0 aliphatic heterocycles. The number of nitrogens with zero attached hydrogens (tertiary/aromatic N) is 5. The number of carbonyl (C=O) groups is 1. The Kier molecular flexibility index (Phi) is 4.65. The van der Waals surface area contributed by atoms with Crippen LogP contribution in [0, 0.1) is 0 Å². The molecular weight excluding hydrogens is 348 g/mol. The molecule has 0 fully saturated rings. The van der Waals surface area contributed by atoms with E-state index in [-0.39, 0.29) is 5.91 Å². The van der Waals surface area contributed by atoms with Crippen LogP contribution in [0.3, 0.4) is 0 Å². The van der Waals surface area contributed by atoms with Gasteiger partial charge >= 0.3 is 0 Å². The summed E-state index contributed by atoms with van der Waals surface area (Å²) in [5.74, 6) is 0.00119. The second-order valence-corrected chi connectivity index (χ2v) is 6.89. The van der Waals surface area contributed by atoms with Crippen LogP contribution in [-0.2, 0) is 11.2 Å². The Balaban J connectivity index is 1.28. The average molecular weight is 364 g/mol. The van der Waals surface area contributed by atoms with Crippen LogP contribution in [0.5, 0.6) is 0 Å². The van der Waals surface area contributed by atoms with Crippen LogP contribution in [0.25, 0.3) is 15.9 Å². The lowest BCUT2D eigenvalue weighted by atomic mass is 10.2. The molecule has 0 saturated heterocycles. The maximum atomic E-state index is 12.1. The lowest BCUT2D eigenvalue weighted by molar-refractivity contribution is -0.116. The van der Waals surface area contributed by atoms with Crippen molar-refractivity contribution in [2.75, 3.05) is 5.32 Å². The third-order valence-corrected chi connectivity index (χ3v) is 4.99. The molecule has 0 radical (unpaired) electrons. The molecule has 130 valence electrons. The van der Waals surface area contributed by atoms with Gasteiger partial charge in [-0.25, -0.2) is 9.67 Å². The number of amides is 1. The molecule has 0 aliphatic rings. The van der Waals surface area contributed by atoms with Crippen LogP contribution >= 0.6 is 11.3 Å². The maximum Gasteiger partial charge on any atom is 0.224 e. The van der Waals surface area contributed by atoms with E-state index in [0.29, 0.717) is 6.42 Å². The van der Waals surface area contributed by atoms with Gasteiger partial charge in [0.05, 0.1) is 20.9 Å². The Morgan fingerprint density at radius 1 is 1.12 bits per heavy atom. The molecule has 7 nitrogen and oxygen atoms in total. The van der Waals surface area contributed by atoms with Crippen molar-refractivity contribution in [1.29, 1.82) is 0 Å². The van der Waals surface area contributed by atoms with Crippen molar-refractivity contribution in [2.45, 2.75) is 19.3 Å². The number of benzene rings is 2. The topological polar surface area (TPSA) is 85.6 Å². The third-order valence-electron chi connectivity index (χ3n) is 3.90. The summed E-state index contributed by atoms with van der Waals surface area (Å²) < 4.78 is 2.75. The van der Waals surface area contributed by atoms with Gasteiger partial charge in [-0.15, -0.1) is 16.4 Å². The largest absolute Gasteiger partial charge is 0.326 e. The predicted molar refractivity (Wildman–Crippen MR) is 100 cm³/mol. The Hall–Kier alpha value is -3.13. The van der Waals surface area contributed by atoms with Crippen molar-refractivity contribution >= 4 is 33.1 Å². The van der Waals surface area contributed by atoms with Gasteiger partial charge in [-0.05, 0) is 59.7 Å². The summed E-state index contributed by atoms with van der Waals surface area (Å²) in [6.07, 6.45) is 3.57. The zero-order chi connectivity index (χ0) is 17.8. The maximum absolute atomic E-state index is 12.1. The van der Waals surface area contributed by atoms with Crippen molar-refractivity contribution in [3.63, 3.8) is 0 Å². The van der Waals surface area contributed by atoms with Gasteiger partial charge in [0, 0.05) is 12.1 Å². The molecular formula is C18H16N6OS. The number of hydrogen-bond acceptors (Lipinski definition) is 6. The first-order valence-corrected chi connectivity index (χ1v) is 9.07. The monoisotopic (exact) mass is 364 g/mol. The van der Waals surface area contributed by atoms with Gasteiger partial charge in [-0.1, -0.05) is 12.1 Å². The predicted octanol–water partition coefficient (Wildman–Crippen LogP) is 3.23. The molecule has 8 heteroatoms. The highest BCUT2D eigenvalue weighted by Crippen LogP contribution is 2.22.